The lowest BCUT2D eigenvalue weighted by Crippen LogP contribution is -2.23. The molecular weight excluding hydrogens is 287 g/mol. The van der Waals surface area contributed by atoms with Gasteiger partial charge >= 0.3 is 0 Å². The first-order valence-electron chi connectivity index (χ1n) is 6.28. The number of nitrogens with one attached hydrogen (secondary N) is 1. The van der Waals surface area contributed by atoms with Crippen molar-refractivity contribution in [3.05, 3.63) is 45.7 Å². The van der Waals surface area contributed by atoms with Crippen molar-refractivity contribution >= 4 is 11.5 Å². The molecule has 1 unspecified atom stereocenters. The van der Waals surface area contributed by atoms with Gasteiger partial charge in [0.2, 0.25) is 0 Å². The zero-order valence-electron chi connectivity index (χ0n) is 11.1. The molecule has 7 heteroatoms. The van der Waals surface area contributed by atoms with E-state index < -0.39 is 23.5 Å². The van der Waals surface area contributed by atoms with Crippen molar-refractivity contribution < 1.29 is 13.2 Å². The molecule has 20 heavy (non-hydrogen) atoms. The highest BCUT2D eigenvalue weighted by molar-refractivity contribution is 7.05. The molecule has 1 N–H and O–H groups in total. The lowest BCUT2D eigenvalue weighted by molar-refractivity contribution is 0.433. The van der Waals surface area contributed by atoms with Crippen LogP contribution in [0.3, 0.4) is 0 Å². The third-order valence-corrected chi connectivity index (χ3v) is 3.80. The number of nitrogens with zero attached hydrogens (tertiary/aromatic N) is 2. The smallest absolute Gasteiger partial charge is 0.194 e. The van der Waals surface area contributed by atoms with Crippen molar-refractivity contribution in [3.63, 3.8) is 0 Å². The number of hydrogen-bond donors (Lipinski definition) is 1. The number of hydrogen-bond acceptors (Lipinski definition) is 4. The van der Waals surface area contributed by atoms with Crippen molar-refractivity contribution in [3.8, 4) is 0 Å². The summed E-state index contributed by atoms with van der Waals surface area (Å²) in [5.41, 5.74) is 0.789. The van der Waals surface area contributed by atoms with Crippen LogP contribution in [-0.4, -0.2) is 16.1 Å². The van der Waals surface area contributed by atoms with Crippen LogP contribution in [0.25, 0.3) is 0 Å². The molecule has 3 nitrogen and oxygen atoms in total. The number of aryl methyl sites for hydroxylation is 1. The molecule has 0 amide bonds. The fourth-order valence-corrected chi connectivity index (χ4v) is 2.83. The van der Waals surface area contributed by atoms with E-state index in [1.54, 1.807) is 0 Å². The molecule has 0 spiro atoms. The van der Waals surface area contributed by atoms with E-state index >= 15 is 0 Å². The Kier molecular flexibility index (Phi) is 4.72. The second-order valence-electron chi connectivity index (χ2n) is 4.19. The molecule has 2 rings (SSSR count). The van der Waals surface area contributed by atoms with Crippen LogP contribution in [-0.2, 0) is 6.42 Å². The minimum absolute atomic E-state index is 0.0616. The van der Waals surface area contributed by atoms with Gasteiger partial charge in [-0.3, -0.25) is 0 Å². The molecule has 0 saturated heterocycles. The molecule has 0 radical (unpaired) electrons. The van der Waals surface area contributed by atoms with E-state index in [9.17, 15) is 13.2 Å². The molecule has 108 valence electrons. The first-order chi connectivity index (χ1) is 9.60. The molecule has 0 aliphatic heterocycles. The lowest BCUT2D eigenvalue weighted by atomic mass is 10.0. The second-order valence-corrected chi connectivity index (χ2v) is 4.98. The largest absolute Gasteiger partial charge is 0.306 e. The van der Waals surface area contributed by atoms with Crippen LogP contribution >= 0.6 is 11.5 Å². The van der Waals surface area contributed by atoms with Crippen LogP contribution < -0.4 is 5.32 Å². The molecule has 1 aromatic heterocycles. The maximum Gasteiger partial charge on any atom is 0.194 e. The summed E-state index contributed by atoms with van der Waals surface area (Å²) in [7, 11) is 0. The summed E-state index contributed by atoms with van der Waals surface area (Å²) in [5, 5.41) is 7.04. The molecule has 0 bridgehead atoms. The van der Waals surface area contributed by atoms with Gasteiger partial charge in [-0.05, 0) is 30.6 Å². The monoisotopic (exact) mass is 301 g/mol. The molecule has 0 fully saturated rings. The van der Waals surface area contributed by atoms with Gasteiger partial charge in [0.05, 0.1) is 16.6 Å². The molecule has 1 heterocycles. The molecular formula is C13H14F3N3S. The van der Waals surface area contributed by atoms with E-state index in [1.165, 1.54) is 6.07 Å². The Morgan fingerprint density at radius 2 is 1.95 bits per heavy atom. The van der Waals surface area contributed by atoms with E-state index in [0.29, 0.717) is 13.0 Å². The zero-order valence-corrected chi connectivity index (χ0v) is 11.9. The predicted octanol–water partition coefficient (Wildman–Crippen LogP) is 3.22. The summed E-state index contributed by atoms with van der Waals surface area (Å²) in [5.74, 6) is -3.83. The zero-order chi connectivity index (χ0) is 14.7. The average molecular weight is 301 g/mol. The summed E-state index contributed by atoms with van der Waals surface area (Å²) in [6, 6.07) is 1.60. The van der Waals surface area contributed by atoms with E-state index in [2.05, 4.69) is 14.9 Å². The van der Waals surface area contributed by atoms with Crippen molar-refractivity contribution in [2.24, 2.45) is 0 Å². The summed E-state index contributed by atoms with van der Waals surface area (Å²) in [6.07, 6.45) is 0.638. The summed E-state index contributed by atoms with van der Waals surface area (Å²) in [6.45, 7) is 4.31. The number of benzene rings is 1. The highest BCUT2D eigenvalue weighted by atomic mass is 32.1. The SMILES string of the molecule is CCNC(c1ccc(F)c(F)c1F)c1snnc1CC. The van der Waals surface area contributed by atoms with Gasteiger partial charge in [0.25, 0.3) is 0 Å². The molecule has 2 aromatic rings. The molecule has 0 aliphatic carbocycles. The summed E-state index contributed by atoms with van der Waals surface area (Å²) >= 11 is 1.13. The van der Waals surface area contributed by atoms with Crippen molar-refractivity contribution in [1.29, 1.82) is 0 Å². The predicted molar refractivity (Wildman–Crippen MR) is 71.1 cm³/mol. The topological polar surface area (TPSA) is 37.8 Å². The Labute approximate surface area is 119 Å². The first-order valence-corrected chi connectivity index (χ1v) is 7.05. The first kappa shape index (κ1) is 14.9. The summed E-state index contributed by atoms with van der Waals surface area (Å²) in [4.78, 5) is 0.722. The normalized spacial score (nSPS) is 12.7. The Balaban J connectivity index is 2.52. The Morgan fingerprint density at radius 1 is 1.20 bits per heavy atom. The third kappa shape index (κ3) is 2.69. The van der Waals surface area contributed by atoms with E-state index in [-0.39, 0.29) is 5.56 Å². The minimum Gasteiger partial charge on any atom is -0.306 e. The maximum atomic E-state index is 14.0. The quantitative estimate of drug-likeness (QED) is 0.862. The van der Waals surface area contributed by atoms with E-state index in [1.807, 2.05) is 13.8 Å². The van der Waals surface area contributed by atoms with Gasteiger partial charge in [-0.15, -0.1) is 5.10 Å². The van der Waals surface area contributed by atoms with Crippen LogP contribution in [0, 0.1) is 17.5 Å². The van der Waals surface area contributed by atoms with E-state index in [0.717, 1.165) is 28.2 Å². The van der Waals surface area contributed by atoms with Gasteiger partial charge in [-0.1, -0.05) is 24.4 Å². The Morgan fingerprint density at radius 3 is 2.60 bits per heavy atom. The van der Waals surface area contributed by atoms with Crippen LogP contribution in [0.1, 0.15) is 36.0 Å². The fourth-order valence-electron chi connectivity index (χ4n) is 1.99. The highest BCUT2D eigenvalue weighted by Crippen LogP contribution is 2.30. The van der Waals surface area contributed by atoms with Crippen molar-refractivity contribution in [1.82, 2.24) is 14.9 Å². The highest BCUT2D eigenvalue weighted by Gasteiger charge is 2.25. The van der Waals surface area contributed by atoms with Gasteiger partial charge in [0.15, 0.2) is 17.5 Å². The summed E-state index contributed by atoms with van der Waals surface area (Å²) < 4.78 is 44.3. The Bertz CT molecular complexity index is 601. The van der Waals surface area contributed by atoms with Gasteiger partial charge in [-0.2, -0.15) is 0 Å². The number of halogens is 3. The van der Waals surface area contributed by atoms with E-state index in [4.69, 9.17) is 0 Å². The lowest BCUT2D eigenvalue weighted by Gasteiger charge is -2.18. The standard InChI is InChI=1S/C13H14F3N3S/c1-3-9-13(20-19-18-9)12(17-4-2)7-5-6-8(14)11(16)10(7)15/h5-6,12,17H,3-4H2,1-2H3. The van der Waals surface area contributed by atoms with Crippen LogP contribution in [0.4, 0.5) is 13.2 Å². The number of rotatable bonds is 5. The fraction of sp³-hybridized carbons (Fsp3) is 0.385. The van der Waals surface area contributed by atoms with Gasteiger partial charge < -0.3 is 5.32 Å². The van der Waals surface area contributed by atoms with Gasteiger partial charge in [-0.25, -0.2) is 13.2 Å². The van der Waals surface area contributed by atoms with Crippen LogP contribution in [0.2, 0.25) is 0 Å². The van der Waals surface area contributed by atoms with Gasteiger partial charge in [0.1, 0.15) is 0 Å². The second kappa shape index (κ2) is 6.32. The van der Waals surface area contributed by atoms with Crippen LogP contribution in [0.5, 0.6) is 0 Å². The van der Waals surface area contributed by atoms with Crippen molar-refractivity contribution in [2.45, 2.75) is 26.3 Å². The molecule has 0 aliphatic rings. The average Bonchev–Trinajstić information content (AvgIpc) is 2.91. The third-order valence-electron chi connectivity index (χ3n) is 2.97. The van der Waals surface area contributed by atoms with Crippen molar-refractivity contribution in [2.75, 3.05) is 6.54 Å². The molecule has 1 atom stereocenters. The Hall–Kier alpha value is -1.47. The minimum atomic E-state index is -1.46. The molecule has 0 saturated carbocycles. The van der Waals surface area contributed by atoms with Crippen LogP contribution in [0.15, 0.2) is 12.1 Å². The molecule has 1 aromatic carbocycles. The number of aromatic nitrogens is 2. The maximum absolute atomic E-state index is 14.0. The van der Waals surface area contributed by atoms with Gasteiger partial charge in [0, 0.05) is 5.56 Å².